The molecule has 0 aliphatic carbocycles. The Bertz CT molecular complexity index is 360. The monoisotopic (exact) mass is 236 g/mol. The summed E-state index contributed by atoms with van der Waals surface area (Å²) in [6.07, 6.45) is 3.32. The molecule has 1 aliphatic rings. The maximum atomic E-state index is 9.55. The van der Waals surface area contributed by atoms with E-state index in [9.17, 15) is 5.11 Å². The van der Waals surface area contributed by atoms with Gasteiger partial charge >= 0.3 is 0 Å². The van der Waals surface area contributed by atoms with Crippen LogP contribution < -0.4 is 4.90 Å². The van der Waals surface area contributed by atoms with Gasteiger partial charge < -0.3 is 15.1 Å². The Labute approximate surface area is 102 Å². The van der Waals surface area contributed by atoms with Crippen LogP contribution in [-0.2, 0) is 0 Å². The molecule has 4 heteroatoms. The Morgan fingerprint density at radius 3 is 2.76 bits per heavy atom. The molecule has 0 amide bonds. The second-order valence-corrected chi connectivity index (χ2v) is 4.74. The van der Waals surface area contributed by atoms with Gasteiger partial charge in [0.25, 0.3) is 0 Å². The van der Waals surface area contributed by atoms with Crippen LogP contribution in [0.3, 0.4) is 0 Å². The molecule has 1 fully saturated rings. The zero-order valence-electron chi connectivity index (χ0n) is 10.2. The Kier molecular flexibility index (Phi) is 3.97. The number of nitrogens with zero attached hydrogens (tertiary/aromatic N) is 2. The molecule has 1 saturated heterocycles. The van der Waals surface area contributed by atoms with Crippen molar-refractivity contribution in [1.29, 1.82) is 0 Å². The Morgan fingerprint density at radius 1 is 1.47 bits per heavy atom. The van der Waals surface area contributed by atoms with Gasteiger partial charge in [0.05, 0.1) is 6.10 Å². The highest BCUT2D eigenvalue weighted by Gasteiger charge is 2.19. The summed E-state index contributed by atoms with van der Waals surface area (Å²) in [5.41, 5.74) is 0.902. The first-order valence-corrected chi connectivity index (χ1v) is 6.20. The molecule has 0 saturated carbocycles. The molecule has 2 heterocycles. The number of hydrogen-bond donors (Lipinski definition) is 2. The number of hydrogen-bond acceptors (Lipinski definition) is 4. The van der Waals surface area contributed by atoms with E-state index in [0.717, 1.165) is 37.3 Å². The topological polar surface area (TPSA) is 56.6 Å². The van der Waals surface area contributed by atoms with Gasteiger partial charge in [-0.25, -0.2) is 4.98 Å². The number of piperidine rings is 1. The van der Waals surface area contributed by atoms with Crippen molar-refractivity contribution in [3.63, 3.8) is 0 Å². The predicted octanol–water partition coefficient (Wildman–Crippen LogP) is 1.34. The zero-order valence-corrected chi connectivity index (χ0v) is 10.2. The van der Waals surface area contributed by atoms with Crippen LogP contribution in [0.25, 0.3) is 0 Å². The fraction of sp³-hybridized carbons (Fsp3) is 0.615. The van der Waals surface area contributed by atoms with Crippen molar-refractivity contribution < 1.29 is 10.2 Å². The summed E-state index contributed by atoms with van der Waals surface area (Å²) in [5, 5.41) is 18.6. The highest BCUT2D eigenvalue weighted by Crippen LogP contribution is 2.23. The summed E-state index contributed by atoms with van der Waals surface area (Å²) < 4.78 is 0. The summed E-state index contributed by atoms with van der Waals surface area (Å²) in [6, 6.07) is 3.79. The maximum Gasteiger partial charge on any atom is 0.128 e. The molecular weight excluding hydrogens is 216 g/mol. The number of anilines is 1. The van der Waals surface area contributed by atoms with E-state index in [1.165, 1.54) is 0 Å². The molecule has 17 heavy (non-hydrogen) atoms. The summed E-state index contributed by atoms with van der Waals surface area (Å²) in [5.74, 6) is 1.37. The lowest BCUT2D eigenvalue weighted by molar-refractivity contribution is 0.199. The molecule has 0 bridgehead atoms. The van der Waals surface area contributed by atoms with E-state index in [2.05, 4.69) is 9.88 Å². The van der Waals surface area contributed by atoms with Crippen molar-refractivity contribution in [2.24, 2.45) is 5.92 Å². The van der Waals surface area contributed by atoms with Crippen molar-refractivity contribution >= 4 is 5.82 Å². The summed E-state index contributed by atoms with van der Waals surface area (Å²) >= 11 is 0. The van der Waals surface area contributed by atoms with Gasteiger partial charge in [0.15, 0.2) is 0 Å². The standard InChI is InChI=1S/C13H20N2O2/c1-10(17)12-2-5-14-13(8-12)15-6-3-11(9-16)4-7-15/h2,5,8,10-11,16-17H,3-4,6-7,9H2,1H3. The Balaban J connectivity index is 2.05. The maximum absolute atomic E-state index is 9.55. The third-order valence-corrected chi connectivity index (χ3v) is 3.45. The smallest absolute Gasteiger partial charge is 0.128 e. The first-order valence-electron chi connectivity index (χ1n) is 6.20. The second-order valence-electron chi connectivity index (χ2n) is 4.74. The molecule has 2 rings (SSSR count). The number of aromatic nitrogens is 1. The summed E-state index contributed by atoms with van der Waals surface area (Å²) in [6.45, 7) is 3.91. The molecule has 4 nitrogen and oxygen atoms in total. The van der Waals surface area contributed by atoms with E-state index < -0.39 is 6.10 Å². The predicted molar refractivity (Wildman–Crippen MR) is 66.9 cm³/mol. The lowest BCUT2D eigenvalue weighted by atomic mass is 9.98. The van der Waals surface area contributed by atoms with Crippen molar-refractivity contribution in [3.05, 3.63) is 23.9 Å². The SMILES string of the molecule is CC(O)c1ccnc(N2CCC(CO)CC2)c1. The van der Waals surface area contributed by atoms with Gasteiger partial charge in [0.2, 0.25) is 0 Å². The number of pyridine rings is 1. The first kappa shape index (κ1) is 12.3. The second kappa shape index (κ2) is 5.47. The van der Waals surface area contributed by atoms with Crippen LogP contribution in [0, 0.1) is 5.92 Å². The average Bonchev–Trinajstić information content (AvgIpc) is 2.39. The van der Waals surface area contributed by atoms with Crippen LogP contribution in [0.1, 0.15) is 31.4 Å². The van der Waals surface area contributed by atoms with E-state index in [4.69, 9.17) is 5.11 Å². The van der Waals surface area contributed by atoms with Crippen molar-refractivity contribution in [3.8, 4) is 0 Å². The molecule has 0 radical (unpaired) electrons. The van der Waals surface area contributed by atoms with E-state index in [-0.39, 0.29) is 6.61 Å². The fourth-order valence-corrected chi connectivity index (χ4v) is 2.21. The summed E-state index contributed by atoms with van der Waals surface area (Å²) in [7, 11) is 0. The lowest BCUT2D eigenvalue weighted by Gasteiger charge is -2.32. The number of aliphatic hydroxyl groups is 2. The van der Waals surface area contributed by atoms with Crippen LogP contribution in [0.4, 0.5) is 5.82 Å². The molecule has 1 aromatic heterocycles. The Morgan fingerprint density at radius 2 is 2.18 bits per heavy atom. The van der Waals surface area contributed by atoms with Gasteiger partial charge in [-0.05, 0) is 43.4 Å². The van der Waals surface area contributed by atoms with E-state index >= 15 is 0 Å². The van der Waals surface area contributed by atoms with E-state index in [0.29, 0.717) is 5.92 Å². The van der Waals surface area contributed by atoms with Crippen LogP contribution in [0.5, 0.6) is 0 Å². The zero-order chi connectivity index (χ0) is 12.3. The quantitative estimate of drug-likeness (QED) is 0.831. The molecule has 1 unspecified atom stereocenters. The van der Waals surface area contributed by atoms with Gasteiger partial charge in [-0.2, -0.15) is 0 Å². The van der Waals surface area contributed by atoms with Gasteiger partial charge in [-0.1, -0.05) is 0 Å². The normalized spacial score (nSPS) is 19.4. The molecule has 1 atom stereocenters. The molecule has 94 valence electrons. The van der Waals surface area contributed by atoms with Gasteiger partial charge in [-0.15, -0.1) is 0 Å². The number of rotatable bonds is 3. The van der Waals surface area contributed by atoms with E-state index in [1.54, 1.807) is 13.1 Å². The van der Waals surface area contributed by atoms with Gasteiger partial charge in [0.1, 0.15) is 5.82 Å². The van der Waals surface area contributed by atoms with Crippen LogP contribution in [0.15, 0.2) is 18.3 Å². The van der Waals surface area contributed by atoms with Crippen molar-refractivity contribution in [2.45, 2.75) is 25.9 Å². The van der Waals surface area contributed by atoms with Gasteiger partial charge in [0, 0.05) is 25.9 Å². The molecule has 0 spiro atoms. The molecule has 1 aliphatic heterocycles. The van der Waals surface area contributed by atoms with Crippen LogP contribution in [0.2, 0.25) is 0 Å². The van der Waals surface area contributed by atoms with Crippen LogP contribution in [-0.4, -0.2) is 34.9 Å². The number of aliphatic hydroxyl groups excluding tert-OH is 2. The molecule has 1 aromatic rings. The van der Waals surface area contributed by atoms with E-state index in [1.807, 2.05) is 12.1 Å². The molecule has 2 N–H and O–H groups in total. The van der Waals surface area contributed by atoms with Crippen molar-refractivity contribution in [2.75, 3.05) is 24.6 Å². The first-order chi connectivity index (χ1) is 8.20. The highest BCUT2D eigenvalue weighted by atomic mass is 16.3. The third kappa shape index (κ3) is 2.96. The minimum atomic E-state index is -0.452. The largest absolute Gasteiger partial charge is 0.396 e. The molecular formula is C13H20N2O2. The minimum Gasteiger partial charge on any atom is -0.396 e. The Hall–Kier alpha value is -1.13. The highest BCUT2D eigenvalue weighted by molar-refractivity contribution is 5.41. The average molecular weight is 236 g/mol. The minimum absolute atomic E-state index is 0.287. The summed E-state index contributed by atoms with van der Waals surface area (Å²) in [4.78, 5) is 6.57. The fourth-order valence-electron chi connectivity index (χ4n) is 2.21. The van der Waals surface area contributed by atoms with Crippen LogP contribution >= 0.6 is 0 Å². The third-order valence-electron chi connectivity index (χ3n) is 3.45. The van der Waals surface area contributed by atoms with Crippen molar-refractivity contribution in [1.82, 2.24) is 4.98 Å². The van der Waals surface area contributed by atoms with Gasteiger partial charge in [-0.3, -0.25) is 0 Å². The lowest BCUT2D eigenvalue weighted by Crippen LogP contribution is -2.35. The molecule has 0 aromatic carbocycles.